The van der Waals surface area contributed by atoms with Gasteiger partial charge < -0.3 is 4.42 Å². The molecular formula is C11H6IN3O. The zero-order valence-electron chi connectivity index (χ0n) is 8.09. The Morgan fingerprint density at radius 1 is 1.00 bits per heavy atom. The highest BCUT2D eigenvalue weighted by Crippen LogP contribution is 2.19. The van der Waals surface area contributed by atoms with E-state index in [-0.39, 0.29) is 0 Å². The van der Waals surface area contributed by atoms with Crippen LogP contribution in [0.1, 0.15) is 0 Å². The molecule has 0 aliphatic carbocycles. The molecule has 0 radical (unpaired) electrons. The number of hydrogen-bond acceptors (Lipinski definition) is 4. The van der Waals surface area contributed by atoms with Crippen molar-refractivity contribution in [3.05, 3.63) is 40.3 Å². The summed E-state index contributed by atoms with van der Waals surface area (Å²) in [6.45, 7) is 0. The third-order valence-electron chi connectivity index (χ3n) is 2.22. The number of pyridine rings is 1. The molecule has 0 unspecified atom stereocenters. The maximum atomic E-state index is 5.32. The van der Waals surface area contributed by atoms with Crippen molar-refractivity contribution in [1.29, 1.82) is 0 Å². The van der Waals surface area contributed by atoms with E-state index in [1.807, 2.05) is 59.0 Å². The Kier molecular flexibility index (Phi) is 2.32. The maximum absolute atomic E-state index is 5.32. The Hall–Kier alpha value is -1.50. The first-order chi connectivity index (χ1) is 7.83. The predicted molar refractivity (Wildman–Crippen MR) is 67.8 cm³/mol. The maximum Gasteiger partial charge on any atom is 0.278 e. The predicted octanol–water partition coefficient (Wildman–Crippen LogP) is 2.89. The van der Waals surface area contributed by atoms with Crippen molar-refractivity contribution in [2.75, 3.05) is 0 Å². The molecule has 2 heterocycles. The number of para-hydroxylation sites is 1. The fourth-order valence-corrected chi connectivity index (χ4v) is 1.81. The van der Waals surface area contributed by atoms with Crippen LogP contribution in [0.5, 0.6) is 0 Å². The zero-order chi connectivity index (χ0) is 11.0. The molecule has 5 heteroatoms. The molecule has 0 aliphatic heterocycles. The molecule has 0 aliphatic rings. The third kappa shape index (κ3) is 1.67. The molecule has 1 aromatic carbocycles. The molecular weight excluding hydrogens is 317 g/mol. The summed E-state index contributed by atoms with van der Waals surface area (Å²) in [5.74, 6) is 0.454. The largest absolute Gasteiger partial charge is 0.410 e. The quantitative estimate of drug-likeness (QED) is 0.646. The SMILES string of the molecule is Ic1nnc(-c2ccc3ccccc3n2)o1. The van der Waals surface area contributed by atoms with Crippen LogP contribution in [0, 0.1) is 3.90 Å². The molecule has 78 valence electrons. The van der Waals surface area contributed by atoms with E-state index >= 15 is 0 Å². The van der Waals surface area contributed by atoms with Crippen LogP contribution in [0.4, 0.5) is 0 Å². The average Bonchev–Trinajstić information content (AvgIpc) is 2.75. The fourth-order valence-electron chi connectivity index (χ4n) is 1.49. The Morgan fingerprint density at radius 3 is 2.69 bits per heavy atom. The summed E-state index contributed by atoms with van der Waals surface area (Å²) in [4.78, 5) is 4.46. The van der Waals surface area contributed by atoms with Crippen LogP contribution in [-0.2, 0) is 0 Å². The normalized spacial score (nSPS) is 10.8. The molecule has 2 aromatic heterocycles. The molecule has 0 fully saturated rings. The molecule has 16 heavy (non-hydrogen) atoms. The first-order valence-electron chi connectivity index (χ1n) is 4.68. The number of fused-ring (bicyclic) bond motifs is 1. The molecule has 0 spiro atoms. The van der Waals surface area contributed by atoms with Gasteiger partial charge in [0.1, 0.15) is 5.69 Å². The van der Waals surface area contributed by atoms with Gasteiger partial charge in [-0.1, -0.05) is 24.3 Å². The summed E-state index contributed by atoms with van der Waals surface area (Å²) in [6, 6.07) is 11.8. The number of rotatable bonds is 1. The van der Waals surface area contributed by atoms with Crippen molar-refractivity contribution in [3.63, 3.8) is 0 Å². The highest BCUT2D eigenvalue weighted by atomic mass is 127. The first-order valence-corrected chi connectivity index (χ1v) is 5.76. The lowest BCUT2D eigenvalue weighted by Gasteiger charge is -1.98. The minimum absolute atomic E-state index is 0.454. The van der Waals surface area contributed by atoms with E-state index in [4.69, 9.17) is 4.42 Å². The molecule has 4 nitrogen and oxygen atoms in total. The molecule has 0 amide bonds. The second-order valence-corrected chi connectivity index (χ2v) is 4.17. The van der Waals surface area contributed by atoms with Crippen molar-refractivity contribution in [1.82, 2.24) is 15.2 Å². The summed E-state index contributed by atoms with van der Waals surface area (Å²) in [5.41, 5.74) is 1.63. The second kappa shape index (κ2) is 3.82. The number of aromatic nitrogens is 3. The molecule has 3 rings (SSSR count). The van der Waals surface area contributed by atoms with Gasteiger partial charge >= 0.3 is 0 Å². The van der Waals surface area contributed by atoms with E-state index < -0.39 is 0 Å². The second-order valence-electron chi connectivity index (χ2n) is 3.25. The monoisotopic (exact) mass is 323 g/mol. The van der Waals surface area contributed by atoms with Crippen molar-refractivity contribution in [3.8, 4) is 11.6 Å². The lowest BCUT2D eigenvalue weighted by atomic mass is 10.2. The highest BCUT2D eigenvalue weighted by molar-refractivity contribution is 14.1. The lowest BCUT2D eigenvalue weighted by molar-refractivity contribution is 0.535. The van der Waals surface area contributed by atoms with Crippen molar-refractivity contribution in [2.24, 2.45) is 0 Å². The number of halogens is 1. The minimum atomic E-state index is 0.454. The van der Waals surface area contributed by atoms with E-state index in [1.54, 1.807) is 0 Å². The Morgan fingerprint density at radius 2 is 1.88 bits per heavy atom. The summed E-state index contributed by atoms with van der Waals surface area (Å²) < 4.78 is 5.84. The first kappa shape index (κ1) is 9.71. The Bertz CT molecular complexity index is 650. The van der Waals surface area contributed by atoms with Gasteiger partial charge in [-0.2, -0.15) is 0 Å². The van der Waals surface area contributed by atoms with E-state index in [1.165, 1.54) is 0 Å². The summed E-state index contributed by atoms with van der Waals surface area (Å²) >= 11 is 1.98. The third-order valence-corrected chi connectivity index (χ3v) is 2.65. The van der Waals surface area contributed by atoms with Crippen LogP contribution in [0.3, 0.4) is 0 Å². The summed E-state index contributed by atoms with van der Waals surface area (Å²) in [6.07, 6.45) is 0. The zero-order valence-corrected chi connectivity index (χ0v) is 10.2. The topological polar surface area (TPSA) is 51.8 Å². The molecule has 0 atom stereocenters. The van der Waals surface area contributed by atoms with Gasteiger partial charge in [-0.25, -0.2) is 4.98 Å². The molecule has 0 saturated heterocycles. The molecule has 0 saturated carbocycles. The van der Waals surface area contributed by atoms with E-state index in [0.29, 0.717) is 15.5 Å². The molecule has 0 N–H and O–H groups in total. The number of hydrogen-bond donors (Lipinski definition) is 0. The van der Waals surface area contributed by atoms with E-state index in [9.17, 15) is 0 Å². The Balaban J connectivity index is 2.18. The summed E-state index contributed by atoms with van der Waals surface area (Å²) in [5, 5.41) is 8.81. The van der Waals surface area contributed by atoms with Crippen LogP contribution < -0.4 is 0 Å². The van der Waals surface area contributed by atoms with Crippen LogP contribution >= 0.6 is 22.6 Å². The van der Waals surface area contributed by atoms with Gasteiger partial charge in [-0.15, -0.1) is 10.2 Å². The average molecular weight is 323 g/mol. The van der Waals surface area contributed by atoms with Crippen molar-refractivity contribution >= 4 is 33.5 Å². The van der Waals surface area contributed by atoms with Crippen LogP contribution in [0.15, 0.2) is 40.8 Å². The Labute approximate surface area is 105 Å². The number of nitrogens with zero attached hydrogens (tertiary/aromatic N) is 3. The van der Waals surface area contributed by atoms with Gasteiger partial charge in [-0.05, 0) is 12.1 Å². The number of benzene rings is 1. The standard InChI is InChI=1S/C11H6IN3O/c12-11-15-14-10(16-11)9-6-5-7-3-1-2-4-8(7)13-9/h1-6H. The van der Waals surface area contributed by atoms with E-state index in [2.05, 4.69) is 15.2 Å². The smallest absolute Gasteiger partial charge is 0.278 e. The minimum Gasteiger partial charge on any atom is -0.410 e. The fraction of sp³-hybridized carbons (Fsp3) is 0. The highest BCUT2D eigenvalue weighted by Gasteiger charge is 2.08. The van der Waals surface area contributed by atoms with Gasteiger partial charge in [0.15, 0.2) is 0 Å². The van der Waals surface area contributed by atoms with Gasteiger partial charge in [0.2, 0.25) is 0 Å². The van der Waals surface area contributed by atoms with Crippen LogP contribution in [0.2, 0.25) is 0 Å². The van der Waals surface area contributed by atoms with Gasteiger partial charge in [0, 0.05) is 28.0 Å². The lowest BCUT2D eigenvalue weighted by Crippen LogP contribution is -1.84. The summed E-state index contributed by atoms with van der Waals surface area (Å²) in [7, 11) is 0. The van der Waals surface area contributed by atoms with Crippen molar-refractivity contribution in [2.45, 2.75) is 0 Å². The van der Waals surface area contributed by atoms with Gasteiger partial charge in [0.05, 0.1) is 5.52 Å². The molecule has 0 bridgehead atoms. The van der Waals surface area contributed by atoms with Crippen molar-refractivity contribution < 1.29 is 4.42 Å². The molecule has 3 aromatic rings. The van der Waals surface area contributed by atoms with Gasteiger partial charge in [-0.3, -0.25) is 0 Å². The van der Waals surface area contributed by atoms with Crippen LogP contribution in [-0.4, -0.2) is 15.2 Å². The van der Waals surface area contributed by atoms with Crippen LogP contribution in [0.25, 0.3) is 22.5 Å². The van der Waals surface area contributed by atoms with Gasteiger partial charge in [0.25, 0.3) is 9.79 Å². The van der Waals surface area contributed by atoms with E-state index in [0.717, 1.165) is 10.9 Å².